The summed E-state index contributed by atoms with van der Waals surface area (Å²) in [5.41, 5.74) is 7.13. The monoisotopic (exact) mass is 260 g/mol. The van der Waals surface area contributed by atoms with Crippen LogP contribution in [0.4, 0.5) is 0 Å². The molecule has 2 N–H and O–H groups in total. The molecule has 1 heterocycles. The second-order valence-electron chi connectivity index (χ2n) is 3.70. The summed E-state index contributed by atoms with van der Waals surface area (Å²) in [4.78, 5) is 2.13. The van der Waals surface area contributed by atoms with Gasteiger partial charge in [0.15, 0.2) is 0 Å². The van der Waals surface area contributed by atoms with Gasteiger partial charge in [-0.15, -0.1) is 0 Å². The van der Waals surface area contributed by atoms with Gasteiger partial charge in [0.25, 0.3) is 0 Å². The highest BCUT2D eigenvalue weighted by Gasteiger charge is 2.14. The molecule has 0 radical (unpaired) electrons. The zero-order valence-electron chi connectivity index (χ0n) is 8.87. The highest BCUT2D eigenvalue weighted by atomic mass is 79.9. The molecule has 0 amide bonds. The predicted octanol–water partition coefficient (Wildman–Crippen LogP) is 1.13. The fraction of sp³-hybridized carbons (Fsp3) is 0.667. The van der Waals surface area contributed by atoms with Crippen molar-refractivity contribution in [3.05, 3.63) is 16.4 Å². The maximum Gasteiger partial charge on any atom is 0.0690 e. The average molecular weight is 261 g/mol. The Kier molecular flexibility index (Phi) is 4.10. The summed E-state index contributed by atoms with van der Waals surface area (Å²) >= 11 is 3.45. The van der Waals surface area contributed by atoms with E-state index in [1.54, 1.807) is 6.20 Å². The molecule has 0 aliphatic heterocycles. The molecule has 0 spiro atoms. The van der Waals surface area contributed by atoms with Crippen LogP contribution in [0.2, 0.25) is 0 Å². The third-order valence-electron chi connectivity index (χ3n) is 2.18. The van der Waals surface area contributed by atoms with Gasteiger partial charge in [0, 0.05) is 13.1 Å². The molecule has 5 heteroatoms. The molecule has 14 heavy (non-hydrogen) atoms. The van der Waals surface area contributed by atoms with Crippen LogP contribution in [0.15, 0.2) is 10.7 Å². The summed E-state index contributed by atoms with van der Waals surface area (Å²) < 4.78 is 2.82. The van der Waals surface area contributed by atoms with Gasteiger partial charge < -0.3 is 10.6 Å². The highest BCUT2D eigenvalue weighted by molar-refractivity contribution is 9.10. The first-order chi connectivity index (χ1) is 6.52. The standard InChI is InChI=1S/C9H17BrN4/c1-13(2)5-4-8(11)9-7(10)6-12-14(9)3/h6,8H,4-5,11H2,1-3H3. The van der Waals surface area contributed by atoms with Crippen molar-refractivity contribution in [2.24, 2.45) is 12.8 Å². The molecule has 1 rings (SSSR count). The van der Waals surface area contributed by atoms with Crippen LogP contribution in [0.3, 0.4) is 0 Å². The Morgan fingerprint density at radius 2 is 2.29 bits per heavy atom. The summed E-state index contributed by atoms with van der Waals surface area (Å²) in [6, 6.07) is 0.0410. The molecule has 1 unspecified atom stereocenters. The lowest BCUT2D eigenvalue weighted by Crippen LogP contribution is -2.22. The molecule has 0 saturated carbocycles. The van der Waals surface area contributed by atoms with E-state index in [0.29, 0.717) is 0 Å². The Morgan fingerprint density at radius 1 is 1.64 bits per heavy atom. The van der Waals surface area contributed by atoms with Crippen molar-refractivity contribution < 1.29 is 0 Å². The highest BCUT2D eigenvalue weighted by Crippen LogP contribution is 2.22. The van der Waals surface area contributed by atoms with Crippen LogP contribution in [0.5, 0.6) is 0 Å². The summed E-state index contributed by atoms with van der Waals surface area (Å²) in [7, 11) is 6.01. The molecule has 0 aromatic carbocycles. The van der Waals surface area contributed by atoms with Gasteiger partial charge in [-0.05, 0) is 43.0 Å². The molecule has 1 aromatic heterocycles. The Labute approximate surface area is 93.2 Å². The van der Waals surface area contributed by atoms with E-state index in [4.69, 9.17) is 5.73 Å². The van der Waals surface area contributed by atoms with Crippen LogP contribution in [0.1, 0.15) is 18.2 Å². The second-order valence-corrected chi connectivity index (χ2v) is 4.55. The average Bonchev–Trinajstić information content (AvgIpc) is 2.42. The van der Waals surface area contributed by atoms with E-state index in [2.05, 4.69) is 25.9 Å². The van der Waals surface area contributed by atoms with Gasteiger partial charge in [-0.3, -0.25) is 4.68 Å². The van der Waals surface area contributed by atoms with Crippen LogP contribution in [-0.4, -0.2) is 35.3 Å². The van der Waals surface area contributed by atoms with Crippen LogP contribution in [0, 0.1) is 0 Å². The van der Waals surface area contributed by atoms with E-state index < -0.39 is 0 Å². The zero-order chi connectivity index (χ0) is 10.7. The van der Waals surface area contributed by atoms with Crippen molar-refractivity contribution in [1.29, 1.82) is 0 Å². The molecular formula is C9H17BrN4. The van der Waals surface area contributed by atoms with E-state index in [1.807, 2.05) is 25.8 Å². The van der Waals surface area contributed by atoms with Crippen molar-refractivity contribution in [1.82, 2.24) is 14.7 Å². The minimum Gasteiger partial charge on any atom is -0.323 e. The molecule has 0 aliphatic rings. The van der Waals surface area contributed by atoms with Crippen molar-refractivity contribution in [2.75, 3.05) is 20.6 Å². The molecule has 1 aromatic rings. The van der Waals surface area contributed by atoms with Crippen LogP contribution >= 0.6 is 15.9 Å². The van der Waals surface area contributed by atoms with Crippen LogP contribution in [-0.2, 0) is 7.05 Å². The number of nitrogens with two attached hydrogens (primary N) is 1. The fourth-order valence-corrected chi connectivity index (χ4v) is 2.01. The quantitative estimate of drug-likeness (QED) is 0.884. The normalized spacial score (nSPS) is 13.6. The topological polar surface area (TPSA) is 47.1 Å². The Morgan fingerprint density at radius 3 is 2.71 bits per heavy atom. The first-order valence-electron chi connectivity index (χ1n) is 4.60. The minimum atomic E-state index is 0.0410. The van der Waals surface area contributed by atoms with Crippen molar-refractivity contribution in [3.63, 3.8) is 0 Å². The Balaban J connectivity index is 2.64. The van der Waals surface area contributed by atoms with Gasteiger partial charge in [-0.2, -0.15) is 5.10 Å². The van der Waals surface area contributed by atoms with E-state index in [9.17, 15) is 0 Å². The summed E-state index contributed by atoms with van der Waals surface area (Å²) in [5, 5.41) is 4.14. The lowest BCUT2D eigenvalue weighted by atomic mass is 10.1. The predicted molar refractivity (Wildman–Crippen MR) is 61.0 cm³/mol. The van der Waals surface area contributed by atoms with E-state index in [0.717, 1.165) is 23.1 Å². The van der Waals surface area contributed by atoms with Gasteiger partial charge >= 0.3 is 0 Å². The number of halogens is 1. The molecular weight excluding hydrogens is 244 g/mol. The third-order valence-corrected chi connectivity index (χ3v) is 2.79. The van der Waals surface area contributed by atoms with Crippen LogP contribution < -0.4 is 5.73 Å². The SMILES string of the molecule is CN(C)CCC(N)c1c(Br)cnn1C. The minimum absolute atomic E-state index is 0.0410. The molecule has 0 saturated heterocycles. The first kappa shape index (κ1) is 11.7. The number of hydrogen-bond acceptors (Lipinski definition) is 3. The molecule has 0 bridgehead atoms. The number of aryl methyl sites for hydroxylation is 1. The van der Waals surface area contributed by atoms with Gasteiger partial charge in [-0.25, -0.2) is 0 Å². The maximum atomic E-state index is 6.07. The lowest BCUT2D eigenvalue weighted by molar-refractivity contribution is 0.378. The summed E-state index contributed by atoms with van der Waals surface area (Å²) in [6.07, 6.45) is 2.72. The Bertz CT molecular complexity index is 276. The summed E-state index contributed by atoms with van der Waals surface area (Å²) in [5.74, 6) is 0. The maximum absolute atomic E-state index is 6.07. The van der Waals surface area contributed by atoms with Gasteiger partial charge in [-0.1, -0.05) is 0 Å². The first-order valence-corrected chi connectivity index (χ1v) is 5.39. The van der Waals surface area contributed by atoms with Crippen molar-refractivity contribution >= 4 is 15.9 Å². The van der Waals surface area contributed by atoms with Crippen molar-refractivity contribution in [3.8, 4) is 0 Å². The number of aromatic nitrogens is 2. The van der Waals surface area contributed by atoms with Gasteiger partial charge in [0.05, 0.1) is 16.4 Å². The van der Waals surface area contributed by atoms with E-state index in [-0.39, 0.29) is 6.04 Å². The zero-order valence-corrected chi connectivity index (χ0v) is 10.5. The van der Waals surface area contributed by atoms with E-state index >= 15 is 0 Å². The molecule has 1 atom stereocenters. The third kappa shape index (κ3) is 2.80. The largest absolute Gasteiger partial charge is 0.323 e. The molecule has 0 fully saturated rings. The molecule has 80 valence electrons. The lowest BCUT2D eigenvalue weighted by Gasteiger charge is -2.15. The van der Waals surface area contributed by atoms with Gasteiger partial charge in [0.2, 0.25) is 0 Å². The van der Waals surface area contributed by atoms with Crippen LogP contribution in [0.25, 0.3) is 0 Å². The smallest absolute Gasteiger partial charge is 0.0690 e. The fourth-order valence-electron chi connectivity index (χ4n) is 1.37. The Hall–Kier alpha value is -0.390. The van der Waals surface area contributed by atoms with Gasteiger partial charge in [0.1, 0.15) is 0 Å². The molecule has 0 aliphatic carbocycles. The van der Waals surface area contributed by atoms with E-state index in [1.165, 1.54) is 0 Å². The van der Waals surface area contributed by atoms with Crippen molar-refractivity contribution in [2.45, 2.75) is 12.5 Å². The second kappa shape index (κ2) is 4.91. The number of rotatable bonds is 4. The summed E-state index contributed by atoms with van der Waals surface area (Å²) in [6.45, 7) is 0.985. The number of nitrogens with zero attached hydrogens (tertiary/aromatic N) is 3. The molecule has 4 nitrogen and oxygen atoms in total. The number of hydrogen-bond donors (Lipinski definition) is 1.